The topological polar surface area (TPSA) is 89.6 Å². The first-order valence-corrected chi connectivity index (χ1v) is 9.36. The molecule has 0 saturated heterocycles. The molecule has 9 heteroatoms. The van der Waals surface area contributed by atoms with E-state index in [-0.39, 0.29) is 5.96 Å². The lowest BCUT2D eigenvalue weighted by molar-refractivity contribution is -0.137. The van der Waals surface area contributed by atoms with Gasteiger partial charge in [0.25, 0.3) is 0 Å². The van der Waals surface area contributed by atoms with Crippen molar-refractivity contribution in [3.63, 3.8) is 0 Å². The van der Waals surface area contributed by atoms with Gasteiger partial charge in [0.05, 0.1) is 21.8 Å². The fraction of sp³-hybridized carbons (Fsp3) is 0.150. The second kappa shape index (κ2) is 8.04. The maximum atomic E-state index is 12.7. The van der Waals surface area contributed by atoms with Crippen LogP contribution in [0.1, 0.15) is 23.1 Å². The van der Waals surface area contributed by atoms with Crippen LogP contribution in [0, 0.1) is 6.92 Å². The van der Waals surface area contributed by atoms with Gasteiger partial charge in [-0.3, -0.25) is 0 Å². The van der Waals surface area contributed by atoms with Crippen LogP contribution in [0.4, 0.5) is 13.2 Å². The van der Waals surface area contributed by atoms with Gasteiger partial charge in [-0.2, -0.15) is 18.3 Å². The minimum absolute atomic E-state index is 0.120. The largest absolute Gasteiger partial charge is 0.416 e. The molecule has 0 bridgehead atoms. The predicted molar refractivity (Wildman–Crippen MR) is 111 cm³/mol. The smallest absolute Gasteiger partial charge is 0.369 e. The Hall–Kier alpha value is -3.20. The summed E-state index contributed by atoms with van der Waals surface area (Å²) in [5.41, 5.74) is 13.8. The molecule has 0 saturated carbocycles. The average Bonchev–Trinajstić information content (AvgIpc) is 3.07. The molecule has 4 N–H and O–H groups in total. The predicted octanol–water partition coefficient (Wildman–Crippen LogP) is 4.80. The summed E-state index contributed by atoms with van der Waals surface area (Å²) in [4.78, 5) is 5.44. The van der Waals surface area contributed by atoms with E-state index < -0.39 is 11.7 Å². The third-order valence-electron chi connectivity index (χ3n) is 4.12. The summed E-state index contributed by atoms with van der Waals surface area (Å²) in [5.74, 6) is -0.120. The fourth-order valence-electron chi connectivity index (χ4n) is 2.69. The lowest BCUT2D eigenvalue weighted by atomic mass is 10.0. The van der Waals surface area contributed by atoms with Crippen molar-refractivity contribution in [1.82, 2.24) is 4.98 Å². The second-order valence-electron chi connectivity index (χ2n) is 6.30. The number of aromatic nitrogens is 1. The fourth-order valence-corrected chi connectivity index (χ4v) is 3.70. The number of halogens is 3. The standard InChI is InChI=1S/C20H18F3N5S/c1-11-17(12(2)27-28-19(24)25)29-18(26-11)15-5-3-13(4-6-15)14-7-9-16(10-8-14)20(21,22)23/h3-10H,1-2H3,(H4,24,25,28)/b27-12-. The first-order valence-electron chi connectivity index (χ1n) is 8.54. The van der Waals surface area contributed by atoms with E-state index >= 15 is 0 Å². The second-order valence-corrected chi connectivity index (χ2v) is 7.30. The van der Waals surface area contributed by atoms with Gasteiger partial charge in [0, 0.05) is 5.56 Å². The molecule has 1 aromatic heterocycles. The summed E-state index contributed by atoms with van der Waals surface area (Å²) in [6.07, 6.45) is -4.34. The van der Waals surface area contributed by atoms with Crippen LogP contribution in [0.25, 0.3) is 21.7 Å². The number of aryl methyl sites for hydroxylation is 1. The van der Waals surface area contributed by atoms with Crippen molar-refractivity contribution in [2.24, 2.45) is 21.7 Å². The Kier molecular flexibility index (Phi) is 5.69. The molecule has 0 unspecified atom stereocenters. The molecule has 0 spiro atoms. The third kappa shape index (κ3) is 4.80. The molecular weight excluding hydrogens is 399 g/mol. The highest BCUT2D eigenvalue weighted by Crippen LogP contribution is 2.33. The van der Waals surface area contributed by atoms with Crippen LogP contribution < -0.4 is 11.5 Å². The summed E-state index contributed by atoms with van der Waals surface area (Å²) in [6.45, 7) is 3.67. The lowest BCUT2D eigenvalue weighted by Gasteiger charge is -2.08. The molecular formula is C20H18F3N5S. The molecule has 1 heterocycles. The Labute approximate surface area is 169 Å². The van der Waals surface area contributed by atoms with E-state index in [1.54, 1.807) is 6.92 Å². The van der Waals surface area contributed by atoms with Crippen molar-refractivity contribution in [3.05, 3.63) is 64.7 Å². The maximum Gasteiger partial charge on any atom is 0.416 e. The molecule has 0 aliphatic carbocycles. The van der Waals surface area contributed by atoms with Gasteiger partial charge in [-0.25, -0.2) is 4.98 Å². The van der Waals surface area contributed by atoms with Gasteiger partial charge in [-0.1, -0.05) is 36.4 Å². The molecule has 3 rings (SSSR count). The number of nitrogens with two attached hydrogens (primary N) is 2. The van der Waals surface area contributed by atoms with Gasteiger partial charge in [0.15, 0.2) is 0 Å². The van der Waals surface area contributed by atoms with Crippen LogP contribution in [0.5, 0.6) is 0 Å². The van der Waals surface area contributed by atoms with Crippen LogP contribution in [0.2, 0.25) is 0 Å². The zero-order valence-electron chi connectivity index (χ0n) is 15.7. The number of hydrogen-bond donors (Lipinski definition) is 2. The first kappa shape index (κ1) is 20.5. The van der Waals surface area contributed by atoms with Crippen LogP contribution in [-0.4, -0.2) is 16.7 Å². The molecule has 150 valence electrons. The Bertz CT molecular complexity index is 1060. The molecule has 3 aromatic rings. The van der Waals surface area contributed by atoms with Gasteiger partial charge in [0.1, 0.15) is 5.01 Å². The minimum atomic E-state index is -4.34. The highest BCUT2D eigenvalue weighted by molar-refractivity contribution is 7.17. The van der Waals surface area contributed by atoms with Crippen molar-refractivity contribution < 1.29 is 13.2 Å². The quantitative estimate of drug-likeness (QED) is 0.363. The van der Waals surface area contributed by atoms with E-state index in [1.165, 1.54) is 23.5 Å². The molecule has 5 nitrogen and oxygen atoms in total. The Morgan fingerprint density at radius 1 is 0.897 bits per heavy atom. The average molecular weight is 417 g/mol. The van der Waals surface area contributed by atoms with Crippen LogP contribution in [0.3, 0.4) is 0 Å². The number of guanidine groups is 1. The molecule has 0 fully saturated rings. The molecule has 29 heavy (non-hydrogen) atoms. The zero-order chi connectivity index (χ0) is 21.2. The van der Waals surface area contributed by atoms with Gasteiger partial charge in [0.2, 0.25) is 5.96 Å². The highest BCUT2D eigenvalue weighted by atomic mass is 32.1. The number of alkyl halides is 3. The van der Waals surface area contributed by atoms with Crippen LogP contribution >= 0.6 is 11.3 Å². The molecule has 0 radical (unpaired) electrons. The highest BCUT2D eigenvalue weighted by Gasteiger charge is 2.29. The number of benzene rings is 2. The lowest BCUT2D eigenvalue weighted by Crippen LogP contribution is -2.22. The van der Waals surface area contributed by atoms with E-state index in [0.717, 1.165) is 38.8 Å². The maximum absolute atomic E-state index is 12.7. The summed E-state index contributed by atoms with van der Waals surface area (Å²) >= 11 is 1.46. The van der Waals surface area contributed by atoms with Crippen molar-refractivity contribution in [3.8, 4) is 21.7 Å². The number of hydrogen-bond acceptors (Lipinski definition) is 4. The number of thiazole rings is 1. The summed E-state index contributed by atoms with van der Waals surface area (Å²) < 4.78 is 38.1. The zero-order valence-corrected chi connectivity index (χ0v) is 16.5. The van der Waals surface area contributed by atoms with E-state index in [9.17, 15) is 13.2 Å². The van der Waals surface area contributed by atoms with E-state index in [1.807, 2.05) is 31.2 Å². The van der Waals surface area contributed by atoms with Gasteiger partial charge in [-0.15, -0.1) is 16.4 Å². The Balaban J connectivity index is 1.85. The molecule has 0 amide bonds. The Morgan fingerprint density at radius 2 is 1.41 bits per heavy atom. The van der Waals surface area contributed by atoms with E-state index in [0.29, 0.717) is 11.3 Å². The monoisotopic (exact) mass is 417 g/mol. The summed E-state index contributed by atoms with van der Waals surface area (Å²) in [7, 11) is 0. The summed E-state index contributed by atoms with van der Waals surface area (Å²) in [5, 5.41) is 8.45. The number of nitrogens with zero attached hydrogens (tertiary/aromatic N) is 3. The van der Waals surface area contributed by atoms with Crippen LogP contribution in [-0.2, 0) is 6.18 Å². The Morgan fingerprint density at radius 3 is 1.93 bits per heavy atom. The first-order chi connectivity index (χ1) is 13.6. The van der Waals surface area contributed by atoms with Crippen molar-refractivity contribution >= 4 is 23.0 Å². The normalized spacial score (nSPS) is 12.1. The van der Waals surface area contributed by atoms with Crippen molar-refractivity contribution in [1.29, 1.82) is 0 Å². The molecule has 0 atom stereocenters. The van der Waals surface area contributed by atoms with Gasteiger partial charge < -0.3 is 11.5 Å². The number of rotatable bonds is 4. The molecule has 2 aromatic carbocycles. The molecule has 0 aliphatic heterocycles. The minimum Gasteiger partial charge on any atom is -0.369 e. The van der Waals surface area contributed by atoms with Gasteiger partial charge in [-0.05, 0) is 37.1 Å². The van der Waals surface area contributed by atoms with Crippen molar-refractivity contribution in [2.45, 2.75) is 20.0 Å². The van der Waals surface area contributed by atoms with E-state index in [2.05, 4.69) is 15.2 Å². The third-order valence-corrected chi connectivity index (χ3v) is 5.43. The summed E-state index contributed by atoms with van der Waals surface area (Å²) in [6, 6.07) is 12.6. The van der Waals surface area contributed by atoms with Crippen LogP contribution in [0.15, 0.2) is 58.7 Å². The van der Waals surface area contributed by atoms with E-state index in [4.69, 9.17) is 11.5 Å². The van der Waals surface area contributed by atoms with Crippen molar-refractivity contribution in [2.75, 3.05) is 0 Å². The van der Waals surface area contributed by atoms with Gasteiger partial charge >= 0.3 is 6.18 Å². The molecule has 0 aliphatic rings. The SMILES string of the molecule is C/C(=N/N=C(N)N)c1sc(-c2ccc(-c3ccc(C(F)(F)F)cc3)cc2)nc1C.